The average molecular weight is 219 g/mol. The molecule has 16 heavy (non-hydrogen) atoms. The molecule has 1 saturated carbocycles. The summed E-state index contributed by atoms with van der Waals surface area (Å²) >= 11 is 0. The first-order valence-electron chi connectivity index (χ1n) is 6.28. The van der Waals surface area contributed by atoms with E-state index in [2.05, 4.69) is 30.3 Å². The molecule has 0 amide bonds. The van der Waals surface area contributed by atoms with Crippen LogP contribution >= 0.6 is 0 Å². The van der Waals surface area contributed by atoms with E-state index < -0.39 is 0 Å². The summed E-state index contributed by atoms with van der Waals surface area (Å²) in [6.45, 7) is 0.648. The standard InChI is InChI=1S/C14H21NO/c15-16-11-14(12-7-3-1-4-8-12)13-9-5-2-6-10-13/h1,3-4,7-8,13-14H,2,5-6,9-11,15H2. The minimum Gasteiger partial charge on any atom is -0.304 e. The lowest BCUT2D eigenvalue weighted by molar-refractivity contribution is 0.0973. The van der Waals surface area contributed by atoms with Crippen molar-refractivity contribution in [1.82, 2.24) is 0 Å². The molecule has 2 nitrogen and oxygen atoms in total. The highest BCUT2D eigenvalue weighted by Crippen LogP contribution is 2.35. The van der Waals surface area contributed by atoms with Gasteiger partial charge in [0.25, 0.3) is 0 Å². The van der Waals surface area contributed by atoms with Gasteiger partial charge in [0.1, 0.15) is 0 Å². The summed E-state index contributed by atoms with van der Waals surface area (Å²) in [7, 11) is 0. The third kappa shape index (κ3) is 2.83. The van der Waals surface area contributed by atoms with E-state index in [0.717, 1.165) is 5.92 Å². The second kappa shape index (κ2) is 6.02. The number of benzene rings is 1. The van der Waals surface area contributed by atoms with Crippen LogP contribution in [0.5, 0.6) is 0 Å². The average Bonchev–Trinajstić information content (AvgIpc) is 2.38. The third-order valence-corrected chi connectivity index (χ3v) is 3.72. The van der Waals surface area contributed by atoms with Crippen LogP contribution in [-0.2, 0) is 4.84 Å². The Balaban J connectivity index is 2.09. The molecule has 0 heterocycles. The van der Waals surface area contributed by atoms with Gasteiger partial charge in [0.15, 0.2) is 0 Å². The molecule has 1 aliphatic rings. The molecule has 1 atom stereocenters. The normalized spacial score (nSPS) is 19.6. The van der Waals surface area contributed by atoms with Gasteiger partial charge in [-0.3, -0.25) is 0 Å². The summed E-state index contributed by atoms with van der Waals surface area (Å²) in [4.78, 5) is 4.91. The van der Waals surface area contributed by atoms with Gasteiger partial charge in [-0.15, -0.1) is 0 Å². The van der Waals surface area contributed by atoms with Crippen molar-refractivity contribution >= 4 is 0 Å². The lowest BCUT2D eigenvalue weighted by Gasteiger charge is -2.29. The molecule has 1 fully saturated rings. The first kappa shape index (κ1) is 11.6. The van der Waals surface area contributed by atoms with Crippen LogP contribution in [0.1, 0.15) is 43.6 Å². The van der Waals surface area contributed by atoms with Gasteiger partial charge in [0.05, 0.1) is 6.61 Å². The van der Waals surface area contributed by atoms with Crippen LogP contribution in [0.4, 0.5) is 0 Å². The van der Waals surface area contributed by atoms with E-state index in [4.69, 9.17) is 10.7 Å². The molecule has 0 aromatic heterocycles. The Morgan fingerprint density at radius 3 is 2.44 bits per heavy atom. The van der Waals surface area contributed by atoms with Gasteiger partial charge in [-0.05, 0) is 24.3 Å². The second-order valence-corrected chi connectivity index (χ2v) is 4.75. The van der Waals surface area contributed by atoms with Crippen LogP contribution in [0.15, 0.2) is 30.3 Å². The van der Waals surface area contributed by atoms with Gasteiger partial charge < -0.3 is 4.84 Å². The molecule has 1 aromatic carbocycles. The molecule has 0 aliphatic heterocycles. The van der Waals surface area contributed by atoms with Gasteiger partial charge in [0.2, 0.25) is 0 Å². The Labute approximate surface area is 97.8 Å². The Morgan fingerprint density at radius 1 is 1.12 bits per heavy atom. The highest BCUT2D eigenvalue weighted by molar-refractivity contribution is 5.20. The van der Waals surface area contributed by atoms with Crippen LogP contribution in [0, 0.1) is 5.92 Å². The number of nitrogens with two attached hydrogens (primary N) is 1. The second-order valence-electron chi connectivity index (χ2n) is 4.75. The van der Waals surface area contributed by atoms with Crippen LogP contribution < -0.4 is 5.90 Å². The van der Waals surface area contributed by atoms with Crippen LogP contribution in [0.3, 0.4) is 0 Å². The zero-order valence-corrected chi connectivity index (χ0v) is 9.77. The van der Waals surface area contributed by atoms with Gasteiger partial charge in [-0.25, -0.2) is 5.90 Å². The Kier molecular flexibility index (Phi) is 4.37. The molecule has 0 spiro atoms. The maximum Gasteiger partial charge on any atom is 0.0750 e. The van der Waals surface area contributed by atoms with E-state index in [1.165, 1.54) is 37.7 Å². The predicted molar refractivity (Wildman–Crippen MR) is 65.9 cm³/mol. The molecule has 1 aliphatic carbocycles. The van der Waals surface area contributed by atoms with Gasteiger partial charge in [-0.2, -0.15) is 0 Å². The summed E-state index contributed by atoms with van der Waals surface area (Å²) in [6, 6.07) is 10.6. The lowest BCUT2D eigenvalue weighted by Crippen LogP contribution is -2.22. The van der Waals surface area contributed by atoms with E-state index >= 15 is 0 Å². The quantitative estimate of drug-likeness (QED) is 0.789. The smallest absolute Gasteiger partial charge is 0.0750 e. The Bertz CT molecular complexity index is 293. The van der Waals surface area contributed by atoms with Crippen LogP contribution in [-0.4, -0.2) is 6.61 Å². The molecule has 0 saturated heterocycles. The zero-order chi connectivity index (χ0) is 11.2. The Morgan fingerprint density at radius 2 is 1.81 bits per heavy atom. The molecular weight excluding hydrogens is 198 g/mol. The SMILES string of the molecule is NOCC(c1ccccc1)C1CCCCC1. The van der Waals surface area contributed by atoms with E-state index in [9.17, 15) is 0 Å². The summed E-state index contributed by atoms with van der Waals surface area (Å²) in [5.41, 5.74) is 1.37. The van der Waals surface area contributed by atoms with Crippen molar-refractivity contribution in [2.75, 3.05) is 6.61 Å². The fraction of sp³-hybridized carbons (Fsp3) is 0.571. The third-order valence-electron chi connectivity index (χ3n) is 3.72. The highest BCUT2D eigenvalue weighted by atomic mass is 16.6. The summed E-state index contributed by atoms with van der Waals surface area (Å²) < 4.78 is 0. The minimum absolute atomic E-state index is 0.478. The number of hydrogen-bond acceptors (Lipinski definition) is 2. The van der Waals surface area contributed by atoms with Crippen molar-refractivity contribution < 1.29 is 4.84 Å². The molecule has 1 aromatic rings. The summed E-state index contributed by atoms with van der Waals surface area (Å²) in [5, 5.41) is 0. The topological polar surface area (TPSA) is 35.2 Å². The predicted octanol–water partition coefficient (Wildman–Crippen LogP) is 3.24. The first-order chi connectivity index (χ1) is 7.92. The molecule has 2 rings (SSSR count). The van der Waals surface area contributed by atoms with Gasteiger partial charge in [0, 0.05) is 5.92 Å². The summed E-state index contributed by atoms with van der Waals surface area (Å²) in [6.07, 6.45) is 6.75. The largest absolute Gasteiger partial charge is 0.304 e. The first-order valence-corrected chi connectivity index (χ1v) is 6.28. The van der Waals surface area contributed by atoms with Crippen molar-refractivity contribution in [3.8, 4) is 0 Å². The van der Waals surface area contributed by atoms with E-state index in [1.807, 2.05) is 0 Å². The van der Waals surface area contributed by atoms with Crippen molar-refractivity contribution in [2.45, 2.75) is 38.0 Å². The fourth-order valence-electron chi connectivity index (χ4n) is 2.84. The van der Waals surface area contributed by atoms with Crippen LogP contribution in [0.25, 0.3) is 0 Å². The Hall–Kier alpha value is -0.860. The molecule has 0 radical (unpaired) electrons. The molecular formula is C14H21NO. The number of hydrogen-bond donors (Lipinski definition) is 1. The fourth-order valence-corrected chi connectivity index (χ4v) is 2.84. The van der Waals surface area contributed by atoms with Crippen molar-refractivity contribution in [2.24, 2.45) is 11.8 Å². The molecule has 1 unspecified atom stereocenters. The zero-order valence-electron chi connectivity index (χ0n) is 9.77. The van der Waals surface area contributed by atoms with E-state index in [1.54, 1.807) is 0 Å². The van der Waals surface area contributed by atoms with Crippen molar-refractivity contribution in [1.29, 1.82) is 0 Å². The molecule has 0 bridgehead atoms. The van der Waals surface area contributed by atoms with Crippen molar-refractivity contribution in [3.05, 3.63) is 35.9 Å². The number of rotatable bonds is 4. The minimum atomic E-state index is 0.478. The van der Waals surface area contributed by atoms with Gasteiger partial charge in [-0.1, -0.05) is 49.6 Å². The van der Waals surface area contributed by atoms with E-state index in [-0.39, 0.29) is 0 Å². The lowest BCUT2D eigenvalue weighted by atomic mass is 9.77. The highest BCUT2D eigenvalue weighted by Gasteiger charge is 2.24. The molecule has 2 heteroatoms. The summed E-state index contributed by atoms with van der Waals surface area (Å²) in [5.74, 6) is 6.50. The van der Waals surface area contributed by atoms with Crippen molar-refractivity contribution in [3.63, 3.8) is 0 Å². The van der Waals surface area contributed by atoms with E-state index in [0.29, 0.717) is 12.5 Å². The molecule has 88 valence electrons. The maximum absolute atomic E-state index is 5.27. The van der Waals surface area contributed by atoms with Gasteiger partial charge >= 0.3 is 0 Å². The van der Waals surface area contributed by atoms with Crippen LogP contribution in [0.2, 0.25) is 0 Å². The molecule has 2 N–H and O–H groups in total. The maximum atomic E-state index is 5.27. The monoisotopic (exact) mass is 219 g/mol.